The molecule has 0 radical (unpaired) electrons. The Balaban J connectivity index is 1.46. The molecule has 7 nitrogen and oxygen atoms in total. The van der Waals surface area contributed by atoms with Crippen LogP contribution in [0, 0.1) is 5.92 Å². The molecule has 0 aliphatic carbocycles. The summed E-state index contributed by atoms with van der Waals surface area (Å²) in [5.41, 5.74) is 0.740. The van der Waals surface area contributed by atoms with Gasteiger partial charge in [-0.1, -0.05) is 18.2 Å². The van der Waals surface area contributed by atoms with E-state index < -0.39 is 12.1 Å². The van der Waals surface area contributed by atoms with Crippen LogP contribution < -0.4 is 5.32 Å². The van der Waals surface area contributed by atoms with Gasteiger partial charge < -0.3 is 19.7 Å². The fourth-order valence-electron chi connectivity index (χ4n) is 2.86. The van der Waals surface area contributed by atoms with Crippen molar-refractivity contribution in [1.82, 2.24) is 4.90 Å². The lowest BCUT2D eigenvalue weighted by Crippen LogP contribution is -2.43. The van der Waals surface area contributed by atoms with E-state index in [1.165, 1.54) is 0 Å². The normalized spacial score (nSPS) is 21.2. The van der Waals surface area contributed by atoms with Gasteiger partial charge in [0.15, 0.2) is 0 Å². The van der Waals surface area contributed by atoms with Crippen LogP contribution in [0.2, 0.25) is 0 Å². The van der Waals surface area contributed by atoms with Gasteiger partial charge in [0.25, 0.3) is 0 Å². The van der Waals surface area contributed by atoms with Crippen LogP contribution in [0.4, 0.5) is 10.5 Å². The number of amides is 2. The number of benzene rings is 1. The second-order valence-electron chi connectivity index (χ2n) is 5.94. The van der Waals surface area contributed by atoms with Crippen LogP contribution in [0.3, 0.4) is 0 Å². The summed E-state index contributed by atoms with van der Waals surface area (Å²) < 4.78 is 10.0. The molecule has 1 atom stereocenters. The molecule has 24 heavy (non-hydrogen) atoms. The number of nitrogens with one attached hydrogen (secondary N) is 1. The van der Waals surface area contributed by atoms with E-state index in [9.17, 15) is 14.4 Å². The van der Waals surface area contributed by atoms with Crippen molar-refractivity contribution >= 4 is 23.7 Å². The SMILES string of the molecule is O=C(OC1CCOC1=O)C1CCN(C(=O)Nc2ccccc2)CC1. The molecule has 1 aromatic carbocycles. The van der Waals surface area contributed by atoms with Gasteiger partial charge >= 0.3 is 18.0 Å². The van der Waals surface area contributed by atoms with Crippen LogP contribution in [0.1, 0.15) is 19.3 Å². The number of cyclic esters (lactones) is 1. The minimum absolute atomic E-state index is 0.174. The van der Waals surface area contributed by atoms with Crippen molar-refractivity contribution in [2.75, 3.05) is 25.0 Å². The second kappa shape index (κ2) is 7.33. The van der Waals surface area contributed by atoms with Crippen molar-refractivity contribution in [3.05, 3.63) is 30.3 Å². The Morgan fingerprint density at radius 3 is 2.46 bits per heavy atom. The molecule has 128 valence electrons. The van der Waals surface area contributed by atoms with Crippen LogP contribution in [0.15, 0.2) is 30.3 Å². The molecule has 0 saturated carbocycles. The molecule has 2 heterocycles. The molecule has 0 aromatic heterocycles. The average Bonchev–Trinajstić information content (AvgIpc) is 3.00. The molecule has 2 saturated heterocycles. The number of esters is 2. The number of anilines is 1. The number of carbonyl (C=O) groups is 3. The molecular formula is C17H20N2O5. The van der Waals surface area contributed by atoms with E-state index in [1.54, 1.807) is 4.90 Å². The van der Waals surface area contributed by atoms with Crippen molar-refractivity contribution in [1.29, 1.82) is 0 Å². The summed E-state index contributed by atoms with van der Waals surface area (Å²) in [6.45, 7) is 1.26. The van der Waals surface area contributed by atoms with Crippen LogP contribution in [0.25, 0.3) is 0 Å². The number of rotatable bonds is 3. The van der Waals surface area contributed by atoms with E-state index in [-0.39, 0.29) is 17.9 Å². The number of likely N-dealkylation sites (tertiary alicyclic amines) is 1. The molecule has 1 N–H and O–H groups in total. The van der Waals surface area contributed by atoms with Crippen molar-refractivity contribution < 1.29 is 23.9 Å². The lowest BCUT2D eigenvalue weighted by Gasteiger charge is -2.31. The quantitative estimate of drug-likeness (QED) is 0.853. The van der Waals surface area contributed by atoms with E-state index in [0.717, 1.165) is 5.69 Å². The highest BCUT2D eigenvalue weighted by atomic mass is 16.6. The van der Waals surface area contributed by atoms with Crippen molar-refractivity contribution in [3.8, 4) is 0 Å². The third-order valence-electron chi connectivity index (χ3n) is 4.29. The average molecular weight is 332 g/mol. The molecule has 3 rings (SSSR count). The van der Waals surface area contributed by atoms with Crippen LogP contribution in [0.5, 0.6) is 0 Å². The van der Waals surface area contributed by atoms with Gasteiger partial charge in [-0.25, -0.2) is 9.59 Å². The van der Waals surface area contributed by atoms with E-state index in [2.05, 4.69) is 5.32 Å². The van der Waals surface area contributed by atoms with Gasteiger partial charge in [0.1, 0.15) is 0 Å². The maximum atomic E-state index is 12.2. The number of hydrogen-bond donors (Lipinski definition) is 1. The maximum absolute atomic E-state index is 12.2. The molecule has 0 spiro atoms. The molecule has 7 heteroatoms. The highest BCUT2D eigenvalue weighted by molar-refractivity contribution is 5.89. The standard InChI is InChI=1S/C17H20N2O5/c20-15(24-14-8-11-23-16(14)21)12-6-9-19(10-7-12)17(22)18-13-4-2-1-3-5-13/h1-5,12,14H,6-11H2,(H,18,22). The van der Waals surface area contributed by atoms with Gasteiger partial charge in [-0.3, -0.25) is 4.79 Å². The number of ether oxygens (including phenoxy) is 2. The van der Waals surface area contributed by atoms with Crippen LogP contribution >= 0.6 is 0 Å². The van der Waals surface area contributed by atoms with Gasteiger partial charge in [-0.05, 0) is 25.0 Å². The second-order valence-corrected chi connectivity index (χ2v) is 5.94. The number of piperidine rings is 1. The van der Waals surface area contributed by atoms with Crippen LogP contribution in [-0.4, -0.2) is 48.7 Å². The molecule has 1 unspecified atom stereocenters. The fourth-order valence-corrected chi connectivity index (χ4v) is 2.86. The van der Waals surface area contributed by atoms with E-state index in [4.69, 9.17) is 9.47 Å². The predicted octanol–water partition coefficient (Wildman–Crippen LogP) is 1.79. The zero-order chi connectivity index (χ0) is 16.9. The minimum atomic E-state index is -0.767. The molecular weight excluding hydrogens is 312 g/mol. The monoisotopic (exact) mass is 332 g/mol. The van der Waals surface area contributed by atoms with Crippen LogP contribution in [-0.2, 0) is 19.1 Å². The minimum Gasteiger partial charge on any atom is -0.463 e. The van der Waals surface area contributed by atoms with E-state index in [1.807, 2.05) is 30.3 Å². The summed E-state index contributed by atoms with van der Waals surface area (Å²) in [4.78, 5) is 37.3. The topological polar surface area (TPSA) is 84.9 Å². The highest BCUT2D eigenvalue weighted by Gasteiger charge is 2.34. The van der Waals surface area contributed by atoms with Crippen molar-refractivity contribution in [2.45, 2.75) is 25.4 Å². The smallest absolute Gasteiger partial charge is 0.347 e. The fraction of sp³-hybridized carbons (Fsp3) is 0.471. The Morgan fingerprint density at radius 2 is 1.83 bits per heavy atom. The van der Waals surface area contributed by atoms with Gasteiger partial charge in [-0.15, -0.1) is 0 Å². The first-order valence-corrected chi connectivity index (χ1v) is 8.11. The Morgan fingerprint density at radius 1 is 1.12 bits per heavy atom. The number of nitrogens with zero attached hydrogens (tertiary/aromatic N) is 1. The third-order valence-corrected chi connectivity index (χ3v) is 4.29. The molecule has 2 fully saturated rings. The lowest BCUT2D eigenvalue weighted by molar-refractivity contribution is -0.164. The zero-order valence-corrected chi connectivity index (χ0v) is 13.3. The molecule has 2 amide bonds. The summed E-state index contributed by atoms with van der Waals surface area (Å²) in [5.74, 6) is -1.12. The van der Waals surface area contributed by atoms with Gasteiger partial charge in [-0.2, -0.15) is 0 Å². The Kier molecular flexibility index (Phi) is 4.98. The summed E-state index contributed by atoms with van der Waals surface area (Å²) in [5, 5.41) is 2.83. The van der Waals surface area contributed by atoms with E-state index in [0.29, 0.717) is 39.0 Å². The summed E-state index contributed by atoms with van der Waals surface area (Å²) in [6.07, 6.45) is 0.714. The molecule has 1 aromatic rings. The molecule has 0 bridgehead atoms. The summed E-state index contributed by atoms with van der Waals surface area (Å²) >= 11 is 0. The Hall–Kier alpha value is -2.57. The van der Waals surface area contributed by atoms with E-state index >= 15 is 0 Å². The first-order chi connectivity index (χ1) is 11.6. The number of para-hydroxylation sites is 1. The summed E-state index contributed by atoms with van der Waals surface area (Å²) in [6, 6.07) is 9.06. The Bertz CT molecular complexity index is 611. The van der Waals surface area contributed by atoms with Gasteiger partial charge in [0.05, 0.1) is 12.5 Å². The lowest BCUT2D eigenvalue weighted by atomic mass is 9.97. The Labute approximate surface area is 139 Å². The maximum Gasteiger partial charge on any atom is 0.347 e. The highest BCUT2D eigenvalue weighted by Crippen LogP contribution is 2.22. The molecule has 2 aliphatic heterocycles. The van der Waals surface area contributed by atoms with Gasteiger partial charge in [0.2, 0.25) is 6.10 Å². The number of carbonyl (C=O) groups excluding carboxylic acids is 3. The first kappa shape index (κ1) is 16.3. The first-order valence-electron chi connectivity index (χ1n) is 8.11. The van der Waals surface area contributed by atoms with Gasteiger partial charge in [0, 0.05) is 25.2 Å². The largest absolute Gasteiger partial charge is 0.463 e. The summed E-state index contributed by atoms with van der Waals surface area (Å²) in [7, 11) is 0. The number of hydrogen-bond acceptors (Lipinski definition) is 5. The van der Waals surface area contributed by atoms with Crippen molar-refractivity contribution in [2.24, 2.45) is 5.92 Å². The third kappa shape index (κ3) is 3.84. The zero-order valence-electron chi connectivity index (χ0n) is 13.3. The van der Waals surface area contributed by atoms with Crippen molar-refractivity contribution in [3.63, 3.8) is 0 Å². The number of urea groups is 1. The predicted molar refractivity (Wildman–Crippen MR) is 85.2 cm³/mol. The molecule has 2 aliphatic rings.